The lowest BCUT2D eigenvalue weighted by atomic mass is 10.0. The number of aliphatic hydroxyl groups is 2. The monoisotopic (exact) mass is 118 g/mol. The van der Waals surface area contributed by atoms with Crippen LogP contribution in [0.3, 0.4) is 0 Å². The molecule has 0 rings (SSSR count). The first-order valence-corrected chi connectivity index (χ1v) is 3.01. The van der Waals surface area contributed by atoms with E-state index in [9.17, 15) is 0 Å². The van der Waals surface area contributed by atoms with Crippen molar-refractivity contribution in [2.45, 2.75) is 26.4 Å². The second kappa shape index (κ2) is 3.87. The molecular weight excluding hydrogens is 104 g/mol. The summed E-state index contributed by atoms with van der Waals surface area (Å²) in [4.78, 5) is 0. The molecule has 0 radical (unpaired) electrons. The standard InChI is InChI=1S/C6H14O2/c1-3-6(8)5(2)4-7/h5-8H,3-4H2,1-2H3/t5-,6+/m0/s1. The van der Waals surface area contributed by atoms with Gasteiger partial charge in [0.15, 0.2) is 0 Å². The molecule has 0 aliphatic heterocycles. The molecular formula is C6H14O2. The summed E-state index contributed by atoms with van der Waals surface area (Å²) in [5.74, 6) is 0.0278. The van der Waals surface area contributed by atoms with Gasteiger partial charge in [0.25, 0.3) is 0 Å². The molecule has 0 saturated carbocycles. The Morgan fingerprint density at radius 3 is 2.12 bits per heavy atom. The van der Waals surface area contributed by atoms with E-state index in [1.807, 2.05) is 13.8 Å². The van der Waals surface area contributed by atoms with Gasteiger partial charge in [-0.1, -0.05) is 13.8 Å². The highest BCUT2D eigenvalue weighted by atomic mass is 16.3. The molecule has 0 bridgehead atoms. The fourth-order valence-corrected chi connectivity index (χ4v) is 0.524. The molecule has 0 amide bonds. The highest BCUT2D eigenvalue weighted by Gasteiger charge is 2.08. The van der Waals surface area contributed by atoms with Crippen LogP contribution >= 0.6 is 0 Å². The van der Waals surface area contributed by atoms with Crippen LogP contribution < -0.4 is 0 Å². The van der Waals surface area contributed by atoms with Crippen LogP contribution in [0.15, 0.2) is 0 Å². The fourth-order valence-electron chi connectivity index (χ4n) is 0.524. The Kier molecular flexibility index (Phi) is 3.83. The van der Waals surface area contributed by atoms with Crippen molar-refractivity contribution >= 4 is 0 Å². The van der Waals surface area contributed by atoms with Crippen LogP contribution in [-0.2, 0) is 0 Å². The van der Waals surface area contributed by atoms with Gasteiger partial charge in [0.05, 0.1) is 6.10 Å². The molecule has 0 aromatic rings. The van der Waals surface area contributed by atoms with E-state index in [0.717, 1.165) is 6.42 Å². The van der Waals surface area contributed by atoms with E-state index in [0.29, 0.717) is 0 Å². The topological polar surface area (TPSA) is 40.5 Å². The van der Waals surface area contributed by atoms with Gasteiger partial charge in [0.1, 0.15) is 0 Å². The number of aliphatic hydroxyl groups excluding tert-OH is 2. The molecule has 0 unspecified atom stereocenters. The van der Waals surface area contributed by atoms with Crippen molar-refractivity contribution in [3.63, 3.8) is 0 Å². The molecule has 8 heavy (non-hydrogen) atoms. The van der Waals surface area contributed by atoms with Crippen LogP contribution in [0.2, 0.25) is 0 Å². The van der Waals surface area contributed by atoms with Crippen LogP contribution in [0.1, 0.15) is 20.3 Å². The molecule has 0 aromatic heterocycles. The largest absolute Gasteiger partial charge is 0.396 e. The lowest BCUT2D eigenvalue weighted by molar-refractivity contribution is 0.0744. The average molecular weight is 118 g/mol. The summed E-state index contributed by atoms with van der Waals surface area (Å²) < 4.78 is 0. The van der Waals surface area contributed by atoms with Crippen LogP contribution in [0.25, 0.3) is 0 Å². The van der Waals surface area contributed by atoms with Crippen LogP contribution in [0.5, 0.6) is 0 Å². The van der Waals surface area contributed by atoms with Gasteiger partial charge in [-0.05, 0) is 6.42 Å². The van der Waals surface area contributed by atoms with E-state index in [4.69, 9.17) is 10.2 Å². The van der Waals surface area contributed by atoms with Gasteiger partial charge in [-0.15, -0.1) is 0 Å². The summed E-state index contributed by atoms with van der Waals surface area (Å²) in [5, 5.41) is 17.4. The van der Waals surface area contributed by atoms with E-state index in [2.05, 4.69) is 0 Å². The SMILES string of the molecule is CC[C@@H](O)[C@@H](C)CO. The van der Waals surface area contributed by atoms with E-state index in [1.54, 1.807) is 0 Å². The molecule has 0 aliphatic carbocycles. The predicted octanol–water partition coefficient (Wildman–Crippen LogP) is 0.386. The summed E-state index contributed by atoms with van der Waals surface area (Å²) in [7, 11) is 0. The molecule has 0 aliphatic rings. The quantitative estimate of drug-likeness (QED) is 0.562. The lowest BCUT2D eigenvalue weighted by Crippen LogP contribution is -2.19. The Balaban J connectivity index is 3.29. The fraction of sp³-hybridized carbons (Fsp3) is 1.00. The van der Waals surface area contributed by atoms with Crippen molar-refractivity contribution in [3.05, 3.63) is 0 Å². The molecule has 0 aromatic carbocycles. The number of rotatable bonds is 3. The average Bonchev–Trinajstić information content (AvgIpc) is 1.84. The Labute approximate surface area is 50.2 Å². The third-order valence-electron chi connectivity index (χ3n) is 1.36. The smallest absolute Gasteiger partial charge is 0.0585 e. The summed E-state index contributed by atoms with van der Waals surface area (Å²) in [6.45, 7) is 3.81. The van der Waals surface area contributed by atoms with Gasteiger partial charge in [-0.3, -0.25) is 0 Å². The maximum atomic E-state index is 8.97. The maximum Gasteiger partial charge on any atom is 0.0585 e. The second-order valence-corrected chi connectivity index (χ2v) is 2.14. The van der Waals surface area contributed by atoms with E-state index in [1.165, 1.54) is 0 Å². The van der Waals surface area contributed by atoms with Crippen LogP contribution in [0.4, 0.5) is 0 Å². The van der Waals surface area contributed by atoms with Gasteiger partial charge in [0.2, 0.25) is 0 Å². The molecule has 0 heterocycles. The molecule has 0 fully saturated rings. The summed E-state index contributed by atoms with van der Waals surface area (Å²) in [6, 6.07) is 0. The van der Waals surface area contributed by atoms with Crippen molar-refractivity contribution in [3.8, 4) is 0 Å². The van der Waals surface area contributed by atoms with Crippen molar-refractivity contribution in [1.82, 2.24) is 0 Å². The van der Waals surface area contributed by atoms with Gasteiger partial charge >= 0.3 is 0 Å². The third kappa shape index (κ3) is 2.28. The van der Waals surface area contributed by atoms with Gasteiger partial charge in [0, 0.05) is 12.5 Å². The van der Waals surface area contributed by atoms with Crippen LogP contribution in [-0.4, -0.2) is 22.9 Å². The van der Waals surface area contributed by atoms with Crippen LogP contribution in [0, 0.1) is 5.92 Å². The third-order valence-corrected chi connectivity index (χ3v) is 1.36. The van der Waals surface area contributed by atoms with E-state index in [-0.39, 0.29) is 18.6 Å². The summed E-state index contributed by atoms with van der Waals surface area (Å²) in [6.07, 6.45) is 0.391. The Bertz CT molecular complexity index is 46.5. The lowest BCUT2D eigenvalue weighted by Gasteiger charge is -2.12. The minimum Gasteiger partial charge on any atom is -0.396 e. The summed E-state index contributed by atoms with van der Waals surface area (Å²) in [5.41, 5.74) is 0. The van der Waals surface area contributed by atoms with Gasteiger partial charge in [-0.25, -0.2) is 0 Å². The highest BCUT2D eigenvalue weighted by Crippen LogP contribution is 2.03. The van der Waals surface area contributed by atoms with E-state index < -0.39 is 0 Å². The zero-order valence-corrected chi connectivity index (χ0v) is 5.46. The number of hydrogen-bond acceptors (Lipinski definition) is 2. The molecule has 50 valence electrons. The van der Waals surface area contributed by atoms with Gasteiger partial charge < -0.3 is 10.2 Å². The summed E-state index contributed by atoms with van der Waals surface area (Å²) >= 11 is 0. The first-order chi connectivity index (χ1) is 3.72. The maximum absolute atomic E-state index is 8.97. The minimum absolute atomic E-state index is 0.0278. The van der Waals surface area contributed by atoms with Crippen molar-refractivity contribution < 1.29 is 10.2 Å². The molecule has 2 N–H and O–H groups in total. The molecule has 2 heteroatoms. The zero-order valence-electron chi connectivity index (χ0n) is 5.46. The first kappa shape index (κ1) is 7.92. The minimum atomic E-state index is -0.333. The molecule has 0 spiro atoms. The first-order valence-electron chi connectivity index (χ1n) is 3.01. The Morgan fingerprint density at radius 1 is 1.50 bits per heavy atom. The zero-order chi connectivity index (χ0) is 6.57. The predicted molar refractivity (Wildman–Crippen MR) is 32.5 cm³/mol. The second-order valence-electron chi connectivity index (χ2n) is 2.14. The Morgan fingerprint density at radius 2 is 2.00 bits per heavy atom. The van der Waals surface area contributed by atoms with Crippen molar-refractivity contribution in [2.75, 3.05) is 6.61 Å². The molecule has 2 nitrogen and oxygen atoms in total. The number of hydrogen-bond donors (Lipinski definition) is 2. The van der Waals surface area contributed by atoms with E-state index >= 15 is 0 Å². The Hall–Kier alpha value is -0.0800. The molecule has 2 atom stereocenters. The highest BCUT2D eigenvalue weighted by molar-refractivity contribution is 4.59. The van der Waals surface area contributed by atoms with Crippen molar-refractivity contribution in [2.24, 2.45) is 5.92 Å². The molecule has 0 saturated heterocycles. The van der Waals surface area contributed by atoms with Crippen molar-refractivity contribution in [1.29, 1.82) is 0 Å². The van der Waals surface area contributed by atoms with Gasteiger partial charge in [-0.2, -0.15) is 0 Å². The normalized spacial score (nSPS) is 18.0.